The van der Waals surface area contributed by atoms with E-state index in [0.29, 0.717) is 18.4 Å². The van der Waals surface area contributed by atoms with Crippen LogP contribution in [0.3, 0.4) is 0 Å². The number of rotatable bonds is 1. The van der Waals surface area contributed by atoms with Crippen LogP contribution in [0, 0.1) is 11.8 Å². The average molecular weight is 143 g/mol. The summed E-state index contributed by atoms with van der Waals surface area (Å²) in [6.07, 6.45) is 3.32. The molecule has 2 heteroatoms. The van der Waals surface area contributed by atoms with Crippen LogP contribution in [-0.4, -0.2) is 19.3 Å². The van der Waals surface area contributed by atoms with Crippen molar-refractivity contribution >= 4 is 0 Å². The van der Waals surface area contributed by atoms with E-state index in [2.05, 4.69) is 5.32 Å². The fourth-order valence-corrected chi connectivity index (χ4v) is 2.00. The zero-order chi connectivity index (χ0) is 6.97. The number of hydrogen-bond acceptors (Lipinski definition) is 1. The van der Waals surface area contributed by atoms with Crippen molar-refractivity contribution in [3.05, 3.63) is 0 Å². The number of hydrogen-bond donors (Lipinski definition) is 1. The van der Waals surface area contributed by atoms with Crippen LogP contribution in [0.4, 0.5) is 4.39 Å². The highest BCUT2D eigenvalue weighted by atomic mass is 19.1. The second-order valence-corrected chi connectivity index (χ2v) is 3.53. The predicted molar refractivity (Wildman–Crippen MR) is 38.6 cm³/mol. The summed E-state index contributed by atoms with van der Waals surface area (Å²) in [6.45, 7) is 1.52. The maximum Gasteiger partial charge on any atom is 0.117 e. The Bertz CT molecular complexity index is 122. The monoisotopic (exact) mass is 143 g/mol. The van der Waals surface area contributed by atoms with E-state index in [0.717, 1.165) is 6.54 Å². The molecule has 1 nitrogen and oxygen atoms in total. The second-order valence-electron chi connectivity index (χ2n) is 3.53. The van der Waals surface area contributed by atoms with Gasteiger partial charge in [0.25, 0.3) is 0 Å². The molecule has 1 saturated heterocycles. The first-order chi connectivity index (χ1) is 4.88. The molecule has 2 atom stereocenters. The summed E-state index contributed by atoms with van der Waals surface area (Å²) in [6, 6.07) is 0. The fraction of sp³-hybridized carbons (Fsp3) is 1.00. The van der Waals surface area contributed by atoms with Gasteiger partial charge in [-0.2, -0.15) is 0 Å². The highest BCUT2D eigenvalue weighted by Gasteiger charge is 2.36. The Morgan fingerprint density at radius 3 is 2.40 bits per heavy atom. The summed E-state index contributed by atoms with van der Waals surface area (Å²) >= 11 is 0. The highest BCUT2D eigenvalue weighted by molar-refractivity contribution is 4.89. The molecular weight excluding hydrogens is 129 g/mol. The molecule has 1 saturated carbocycles. The molecule has 0 amide bonds. The van der Waals surface area contributed by atoms with Crippen molar-refractivity contribution < 1.29 is 4.39 Å². The lowest BCUT2D eigenvalue weighted by atomic mass is 9.75. The number of nitrogens with one attached hydrogen (secondary N) is 1. The van der Waals surface area contributed by atoms with Crippen molar-refractivity contribution in [3.63, 3.8) is 0 Å². The minimum absolute atomic E-state index is 0.355. The Labute approximate surface area is 61.0 Å². The Hall–Kier alpha value is -0.110. The third-order valence-electron chi connectivity index (χ3n) is 2.94. The van der Waals surface area contributed by atoms with Crippen LogP contribution in [0.15, 0.2) is 0 Å². The van der Waals surface area contributed by atoms with Gasteiger partial charge >= 0.3 is 0 Å². The second kappa shape index (κ2) is 2.50. The quantitative estimate of drug-likeness (QED) is 0.584. The van der Waals surface area contributed by atoms with Crippen LogP contribution in [0.25, 0.3) is 0 Å². The molecule has 1 heterocycles. The lowest BCUT2D eigenvalue weighted by Crippen LogP contribution is -2.28. The molecule has 2 rings (SSSR count). The van der Waals surface area contributed by atoms with E-state index in [1.807, 2.05) is 0 Å². The molecule has 0 aromatic carbocycles. The Balaban J connectivity index is 1.90. The molecule has 0 bridgehead atoms. The lowest BCUT2D eigenvalue weighted by Gasteiger charge is -2.31. The van der Waals surface area contributed by atoms with Crippen LogP contribution >= 0.6 is 0 Å². The zero-order valence-electron chi connectivity index (χ0n) is 6.15. The molecule has 2 aliphatic rings. The topological polar surface area (TPSA) is 12.0 Å². The van der Waals surface area contributed by atoms with Gasteiger partial charge in [0.15, 0.2) is 0 Å². The van der Waals surface area contributed by atoms with Crippen molar-refractivity contribution in [2.75, 3.05) is 13.1 Å². The first kappa shape index (κ1) is 6.59. The van der Waals surface area contributed by atoms with Crippen LogP contribution in [-0.2, 0) is 0 Å². The standard InChI is InChI=1S/C8H14FN/c9-8-5-10-4-7(8)6-2-1-3-6/h6-8,10H,1-5H2. The minimum atomic E-state index is -0.551. The Morgan fingerprint density at radius 2 is 2.00 bits per heavy atom. The van der Waals surface area contributed by atoms with Gasteiger partial charge in [0.2, 0.25) is 0 Å². The molecule has 2 fully saturated rings. The maximum atomic E-state index is 13.0. The van der Waals surface area contributed by atoms with Gasteiger partial charge in [-0.1, -0.05) is 19.3 Å². The van der Waals surface area contributed by atoms with E-state index in [4.69, 9.17) is 0 Å². The molecule has 2 unspecified atom stereocenters. The van der Waals surface area contributed by atoms with Gasteiger partial charge in [-0.05, 0) is 5.92 Å². The average Bonchev–Trinajstić information content (AvgIpc) is 2.12. The largest absolute Gasteiger partial charge is 0.313 e. The number of alkyl halides is 1. The molecule has 1 N–H and O–H groups in total. The molecule has 0 radical (unpaired) electrons. The predicted octanol–water partition coefficient (Wildman–Crippen LogP) is 1.34. The van der Waals surface area contributed by atoms with Gasteiger partial charge in [0.05, 0.1) is 0 Å². The van der Waals surface area contributed by atoms with E-state index < -0.39 is 6.17 Å². The van der Waals surface area contributed by atoms with Crippen LogP contribution in [0.2, 0.25) is 0 Å². The molecule has 0 aromatic heterocycles. The van der Waals surface area contributed by atoms with Gasteiger partial charge in [-0.15, -0.1) is 0 Å². The molecule has 0 aromatic rings. The molecule has 58 valence electrons. The molecule has 1 aliphatic heterocycles. The van der Waals surface area contributed by atoms with E-state index in [1.165, 1.54) is 19.3 Å². The number of halogens is 1. The zero-order valence-corrected chi connectivity index (χ0v) is 6.15. The van der Waals surface area contributed by atoms with E-state index in [-0.39, 0.29) is 0 Å². The van der Waals surface area contributed by atoms with Crippen molar-refractivity contribution in [2.24, 2.45) is 11.8 Å². The maximum absolute atomic E-state index is 13.0. The van der Waals surface area contributed by atoms with Crippen molar-refractivity contribution in [2.45, 2.75) is 25.4 Å². The van der Waals surface area contributed by atoms with Crippen molar-refractivity contribution in [3.8, 4) is 0 Å². The molecule has 1 aliphatic carbocycles. The van der Waals surface area contributed by atoms with Gasteiger partial charge in [0.1, 0.15) is 6.17 Å². The summed E-state index contributed by atoms with van der Waals surface area (Å²) in [4.78, 5) is 0. The van der Waals surface area contributed by atoms with Gasteiger partial charge in [0, 0.05) is 19.0 Å². The summed E-state index contributed by atoms with van der Waals surface area (Å²) in [5.74, 6) is 1.07. The van der Waals surface area contributed by atoms with E-state index in [1.54, 1.807) is 0 Å². The summed E-state index contributed by atoms with van der Waals surface area (Å²) in [7, 11) is 0. The van der Waals surface area contributed by atoms with Gasteiger partial charge in [-0.25, -0.2) is 4.39 Å². The molecular formula is C8H14FN. The first-order valence-electron chi connectivity index (χ1n) is 4.22. The van der Waals surface area contributed by atoms with Crippen molar-refractivity contribution in [1.82, 2.24) is 5.32 Å². The Morgan fingerprint density at radius 1 is 1.20 bits per heavy atom. The lowest BCUT2D eigenvalue weighted by molar-refractivity contribution is 0.147. The van der Waals surface area contributed by atoms with Crippen molar-refractivity contribution in [1.29, 1.82) is 0 Å². The third-order valence-corrected chi connectivity index (χ3v) is 2.94. The fourth-order valence-electron chi connectivity index (χ4n) is 2.00. The first-order valence-corrected chi connectivity index (χ1v) is 4.22. The summed E-state index contributed by atoms with van der Waals surface area (Å²) < 4.78 is 13.0. The van der Waals surface area contributed by atoms with Crippen LogP contribution < -0.4 is 5.32 Å². The normalized spacial score (nSPS) is 41.7. The molecule has 10 heavy (non-hydrogen) atoms. The Kier molecular flexibility index (Phi) is 1.65. The van der Waals surface area contributed by atoms with Crippen LogP contribution in [0.1, 0.15) is 19.3 Å². The van der Waals surface area contributed by atoms with Gasteiger partial charge < -0.3 is 5.32 Å². The van der Waals surface area contributed by atoms with E-state index in [9.17, 15) is 4.39 Å². The minimum Gasteiger partial charge on any atom is -0.313 e. The summed E-state index contributed by atoms with van der Waals surface area (Å²) in [5, 5.41) is 3.10. The highest BCUT2D eigenvalue weighted by Crippen LogP contribution is 2.37. The van der Waals surface area contributed by atoms with E-state index >= 15 is 0 Å². The summed E-state index contributed by atoms with van der Waals surface area (Å²) in [5.41, 5.74) is 0. The molecule has 0 spiro atoms. The SMILES string of the molecule is FC1CNCC1C1CCC1. The van der Waals surface area contributed by atoms with Gasteiger partial charge in [-0.3, -0.25) is 0 Å². The van der Waals surface area contributed by atoms with Crippen LogP contribution in [0.5, 0.6) is 0 Å². The third kappa shape index (κ3) is 0.947. The smallest absolute Gasteiger partial charge is 0.117 e.